The second kappa shape index (κ2) is 7.96. The number of amides is 2. The van der Waals surface area contributed by atoms with Crippen LogP contribution in [0.5, 0.6) is 0 Å². The third-order valence-corrected chi connectivity index (χ3v) is 4.71. The van der Waals surface area contributed by atoms with E-state index in [9.17, 15) is 9.59 Å². The molecule has 1 atom stereocenters. The van der Waals surface area contributed by atoms with Gasteiger partial charge in [0.15, 0.2) is 0 Å². The minimum absolute atomic E-state index is 0.223. The van der Waals surface area contributed by atoms with E-state index in [1.807, 2.05) is 40.0 Å². The van der Waals surface area contributed by atoms with Crippen molar-refractivity contribution in [2.24, 2.45) is 11.7 Å². The lowest BCUT2D eigenvalue weighted by molar-refractivity contribution is -0.130. The number of carbonyl (C=O) groups excluding carboxylic acids is 2. The first-order valence-electron chi connectivity index (χ1n) is 8.76. The van der Waals surface area contributed by atoms with Crippen LogP contribution in [0.1, 0.15) is 35.2 Å². The van der Waals surface area contributed by atoms with Gasteiger partial charge in [0, 0.05) is 44.0 Å². The molecule has 1 aromatic heterocycles. The first-order chi connectivity index (χ1) is 12.1. The van der Waals surface area contributed by atoms with Gasteiger partial charge in [-0.3, -0.25) is 14.3 Å². The first-order valence-corrected chi connectivity index (χ1v) is 8.76. The third kappa shape index (κ3) is 4.68. The number of hydrogen-bond donors (Lipinski definition) is 1. The molecule has 1 unspecified atom stereocenters. The number of likely N-dealkylation sites (tertiary alicyclic amines) is 1. The molecule has 2 amide bonds. The zero-order valence-corrected chi connectivity index (χ0v) is 14.3. The Balaban J connectivity index is 1.45. The zero-order chi connectivity index (χ0) is 17.6. The zero-order valence-electron chi connectivity index (χ0n) is 14.3. The van der Waals surface area contributed by atoms with E-state index in [2.05, 4.69) is 5.10 Å². The summed E-state index contributed by atoms with van der Waals surface area (Å²) in [6.07, 6.45) is 6.91. The number of nitrogens with zero attached hydrogens (tertiary/aromatic N) is 3. The van der Waals surface area contributed by atoms with Crippen molar-refractivity contribution in [1.82, 2.24) is 14.7 Å². The summed E-state index contributed by atoms with van der Waals surface area (Å²) in [4.78, 5) is 25.6. The number of nitrogens with two attached hydrogens (primary N) is 1. The average molecular weight is 340 g/mol. The van der Waals surface area contributed by atoms with E-state index in [0.29, 0.717) is 17.9 Å². The lowest BCUT2D eigenvalue weighted by Gasteiger charge is -2.17. The maximum absolute atomic E-state index is 12.4. The van der Waals surface area contributed by atoms with Crippen molar-refractivity contribution in [1.29, 1.82) is 0 Å². The average Bonchev–Trinajstić information content (AvgIpc) is 3.27. The van der Waals surface area contributed by atoms with Gasteiger partial charge in [0.1, 0.15) is 0 Å². The predicted octanol–water partition coefficient (Wildman–Crippen LogP) is 1.85. The van der Waals surface area contributed by atoms with E-state index in [1.165, 1.54) is 0 Å². The van der Waals surface area contributed by atoms with Gasteiger partial charge in [0.2, 0.25) is 11.8 Å². The van der Waals surface area contributed by atoms with Gasteiger partial charge in [0.05, 0.1) is 0 Å². The fourth-order valence-electron chi connectivity index (χ4n) is 3.39. The molecule has 0 saturated carbocycles. The molecule has 25 heavy (non-hydrogen) atoms. The van der Waals surface area contributed by atoms with Crippen molar-refractivity contribution in [3.8, 4) is 0 Å². The third-order valence-electron chi connectivity index (χ3n) is 4.71. The molecular formula is C19H24N4O2. The predicted molar refractivity (Wildman–Crippen MR) is 94.8 cm³/mol. The van der Waals surface area contributed by atoms with Crippen LogP contribution in [0.2, 0.25) is 0 Å². The molecule has 1 saturated heterocycles. The van der Waals surface area contributed by atoms with Crippen LogP contribution in [-0.4, -0.2) is 39.6 Å². The van der Waals surface area contributed by atoms with Crippen molar-refractivity contribution in [3.05, 3.63) is 53.9 Å². The van der Waals surface area contributed by atoms with Crippen molar-refractivity contribution >= 4 is 11.8 Å². The molecular weight excluding hydrogens is 316 g/mol. The number of rotatable bonds is 7. The van der Waals surface area contributed by atoms with Crippen molar-refractivity contribution in [2.75, 3.05) is 13.1 Å². The van der Waals surface area contributed by atoms with Crippen LogP contribution >= 0.6 is 0 Å². The number of benzene rings is 1. The van der Waals surface area contributed by atoms with Crippen LogP contribution in [0.15, 0.2) is 42.7 Å². The van der Waals surface area contributed by atoms with Gasteiger partial charge in [-0.2, -0.15) is 5.10 Å². The fraction of sp³-hybridized carbons (Fsp3) is 0.421. The highest BCUT2D eigenvalue weighted by molar-refractivity contribution is 5.92. The molecule has 1 aliphatic heterocycles. The van der Waals surface area contributed by atoms with E-state index in [0.717, 1.165) is 44.5 Å². The molecule has 1 aromatic carbocycles. The Labute approximate surface area is 147 Å². The van der Waals surface area contributed by atoms with E-state index >= 15 is 0 Å². The topological polar surface area (TPSA) is 81.2 Å². The van der Waals surface area contributed by atoms with E-state index < -0.39 is 5.91 Å². The molecule has 0 bridgehead atoms. The van der Waals surface area contributed by atoms with Gasteiger partial charge in [0.25, 0.3) is 0 Å². The van der Waals surface area contributed by atoms with Gasteiger partial charge >= 0.3 is 0 Å². The molecule has 3 rings (SSSR count). The molecule has 0 aliphatic carbocycles. The molecule has 1 aliphatic rings. The molecule has 2 heterocycles. The maximum Gasteiger partial charge on any atom is 0.248 e. The Kier molecular flexibility index (Phi) is 5.48. The smallest absolute Gasteiger partial charge is 0.248 e. The summed E-state index contributed by atoms with van der Waals surface area (Å²) in [6, 6.07) is 9.36. The summed E-state index contributed by atoms with van der Waals surface area (Å²) in [7, 11) is 0. The van der Waals surface area contributed by atoms with Crippen molar-refractivity contribution < 1.29 is 9.59 Å². The normalized spacial score (nSPS) is 17.0. The molecule has 0 spiro atoms. The number of hydrogen-bond acceptors (Lipinski definition) is 3. The van der Waals surface area contributed by atoms with Gasteiger partial charge < -0.3 is 10.6 Å². The minimum atomic E-state index is -0.401. The standard InChI is InChI=1S/C19H24N4O2/c20-19(25)17-5-1-4-15(13-17)12-16-7-11-22(14-16)18(24)6-2-9-23-10-3-8-21-23/h1,3-5,8,10,13,16H,2,6-7,9,11-12,14H2,(H2,20,25). The molecule has 6 heteroatoms. The van der Waals surface area contributed by atoms with E-state index in [1.54, 1.807) is 12.3 Å². The largest absolute Gasteiger partial charge is 0.366 e. The second-order valence-corrected chi connectivity index (χ2v) is 6.64. The molecule has 2 aromatic rings. The van der Waals surface area contributed by atoms with Gasteiger partial charge in [-0.1, -0.05) is 12.1 Å². The van der Waals surface area contributed by atoms with Crippen LogP contribution in [0.25, 0.3) is 0 Å². The van der Waals surface area contributed by atoms with E-state index in [4.69, 9.17) is 5.73 Å². The SMILES string of the molecule is NC(=O)c1cccc(CC2CCN(C(=O)CCCn3cccn3)C2)c1. The summed E-state index contributed by atoms with van der Waals surface area (Å²) < 4.78 is 1.85. The Bertz CT molecular complexity index is 727. The van der Waals surface area contributed by atoms with Crippen LogP contribution < -0.4 is 5.73 Å². The Morgan fingerprint density at radius 3 is 2.92 bits per heavy atom. The molecule has 1 fully saturated rings. The van der Waals surface area contributed by atoms with Crippen LogP contribution in [0.3, 0.4) is 0 Å². The number of aromatic nitrogens is 2. The highest BCUT2D eigenvalue weighted by atomic mass is 16.2. The van der Waals surface area contributed by atoms with Gasteiger partial charge in [-0.05, 0) is 48.9 Å². The molecule has 2 N–H and O–H groups in total. The highest BCUT2D eigenvalue weighted by Gasteiger charge is 2.26. The second-order valence-electron chi connectivity index (χ2n) is 6.64. The Morgan fingerprint density at radius 2 is 2.16 bits per heavy atom. The number of primary amides is 1. The summed E-state index contributed by atoms with van der Waals surface area (Å²) in [5, 5.41) is 4.15. The number of carbonyl (C=O) groups is 2. The van der Waals surface area contributed by atoms with Gasteiger partial charge in [-0.25, -0.2) is 0 Å². The summed E-state index contributed by atoms with van der Waals surface area (Å²) in [6.45, 7) is 2.39. The quantitative estimate of drug-likeness (QED) is 0.835. The first kappa shape index (κ1) is 17.2. The molecule has 0 radical (unpaired) electrons. The lowest BCUT2D eigenvalue weighted by Crippen LogP contribution is -2.29. The van der Waals surface area contributed by atoms with E-state index in [-0.39, 0.29) is 5.91 Å². The van der Waals surface area contributed by atoms with Gasteiger partial charge in [-0.15, -0.1) is 0 Å². The molecule has 6 nitrogen and oxygen atoms in total. The monoisotopic (exact) mass is 340 g/mol. The highest BCUT2D eigenvalue weighted by Crippen LogP contribution is 2.22. The Morgan fingerprint density at radius 1 is 1.28 bits per heavy atom. The van der Waals surface area contributed by atoms with Crippen LogP contribution in [0, 0.1) is 5.92 Å². The van der Waals surface area contributed by atoms with Crippen LogP contribution in [-0.2, 0) is 17.8 Å². The number of aryl methyl sites for hydroxylation is 1. The Hall–Kier alpha value is -2.63. The fourth-order valence-corrected chi connectivity index (χ4v) is 3.39. The summed E-state index contributed by atoms with van der Waals surface area (Å²) in [5.41, 5.74) is 6.99. The molecule has 132 valence electrons. The van der Waals surface area contributed by atoms with Crippen molar-refractivity contribution in [2.45, 2.75) is 32.2 Å². The summed E-state index contributed by atoms with van der Waals surface area (Å²) in [5.74, 6) is 0.265. The minimum Gasteiger partial charge on any atom is -0.366 e. The maximum atomic E-state index is 12.4. The summed E-state index contributed by atoms with van der Waals surface area (Å²) >= 11 is 0. The van der Waals surface area contributed by atoms with Crippen LogP contribution in [0.4, 0.5) is 0 Å². The van der Waals surface area contributed by atoms with Crippen molar-refractivity contribution in [3.63, 3.8) is 0 Å². The lowest BCUT2D eigenvalue weighted by atomic mass is 9.97.